The molecule has 0 fully saturated rings. The molecule has 1 aliphatic rings. The van der Waals surface area contributed by atoms with E-state index in [-0.39, 0.29) is 5.91 Å². The Morgan fingerprint density at radius 1 is 0.941 bits per heavy atom. The summed E-state index contributed by atoms with van der Waals surface area (Å²) in [6.07, 6.45) is 0. The highest BCUT2D eigenvalue weighted by molar-refractivity contribution is 6.30. The van der Waals surface area contributed by atoms with Crippen LogP contribution >= 0.6 is 23.2 Å². The first-order chi connectivity index (χ1) is 16.5. The van der Waals surface area contributed by atoms with Crippen molar-refractivity contribution in [2.75, 3.05) is 14.2 Å². The Hall–Kier alpha value is -3.48. The van der Waals surface area contributed by atoms with Gasteiger partial charge in [-0.15, -0.1) is 0 Å². The molecule has 1 amide bonds. The number of fused-ring (bicyclic) bond motifs is 1. The summed E-state index contributed by atoms with van der Waals surface area (Å²) >= 11 is 12.2. The van der Waals surface area contributed by atoms with E-state index in [1.54, 1.807) is 14.2 Å². The van der Waals surface area contributed by atoms with E-state index in [4.69, 9.17) is 32.7 Å². The minimum atomic E-state index is -0.427. The molecule has 172 valence electrons. The molecule has 0 saturated carbocycles. The number of amides is 1. The molecule has 0 aliphatic carbocycles. The van der Waals surface area contributed by atoms with Crippen LogP contribution in [0.2, 0.25) is 10.0 Å². The summed E-state index contributed by atoms with van der Waals surface area (Å²) in [6.45, 7) is 0.387. The van der Waals surface area contributed by atoms with Crippen molar-refractivity contribution in [2.45, 2.75) is 12.6 Å². The third-order valence-electron chi connectivity index (χ3n) is 5.98. The number of rotatable bonds is 6. The molecule has 1 atom stereocenters. The molecule has 0 radical (unpaired) electrons. The molecule has 34 heavy (non-hydrogen) atoms. The molecule has 4 aromatic rings. The predicted octanol–water partition coefficient (Wildman–Crippen LogP) is 6.15. The highest BCUT2D eigenvalue weighted by Gasteiger charge is 2.43. The summed E-state index contributed by atoms with van der Waals surface area (Å²) in [5, 5.41) is 8.75. The van der Waals surface area contributed by atoms with Gasteiger partial charge in [-0.2, -0.15) is 5.10 Å². The molecule has 5 rings (SSSR count). The van der Waals surface area contributed by atoms with Gasteiger partial charge in [0.15, 0.2) is 0 Å². The van der Waals surface area contributed by atoms with Crippen LogP contribution in [-0.4, -0.2) is 35.2 Å². The van der Waals surface area contributed by atoms with Crippen LogP contribution in [0.3, 0.4) is 0 Å². The van der Waals surface area contributed by atoms with E-state index in [2.05, 4.69) is 10.2 Å². The van der Waals surface area contributed by atoms with Gasteiger partial charge in [0.25, 0.3) is 5.91 Å². The fourth-order valence-electron chi connectivity index (χ4n) is 4.34. The largest absolute Gasteiger partial charge is 0.497 e. The Kier molecular flexibility index (Phi) is 5.94. The highest BCUT2D eigenvalue weighted by atomic mass is 35.5. The van der Waals surface area contributed by atoms with Crippen LogP contribution in [-0.2, 0) is 6.54 Å². The number of hydrogen-bond acceptors (Lipinski definition) is 4. The number of nitrogens with one attached hydrogen (secondary N) is 1. The molecule has 2 heterocycles. The average Bonchev–Trinajstić information content (AvgIpc) is 3.40. The quantitative estimate of drug-likeness (QED) is 0.349. The Bertz CT molecular complexity index is 1350. The van der Waals surface area contributed by atoms with E-state index in [9.17, 15) is 4.79 Å². The number of hydrogen-bond donors (Lipinski definition) is 1. The smallest absolute Gasteiger partial charge is 0.273 e. The van der Waals surface area contributed by atoms with Gasteiger partial charge >= 0.3 is 0 Å². The summed E-state index contributed by atoms with van der Waals surface area (Å²) in [7, 11) is 3.21. The summed E-state index contributed by atoms with van der Waals surface area (Å²) in [5.74, 6) is 1.15. The van der Waals surface area contributed by atoms with Gasteiger partial charge in [0.05, 0.1) is 26.0 Å². The SMILES string of the molecule is COc1ccc(C2c3c(-c4ccc(Cl)cc4)n[nH]c3C(=O)N2Cc2ccc(Cl)cc2)c(OC)c1. The minimum Gasteiger partial charge on any atom is -0.497 e. The zero-order chi connectivity index (χ0) is 23.8. The van der Waals surface area contributed by atoms with Crippen LogP contribution in [0, 0.1) is 0 Å². The van der Waals surface area contributed by atoms with Crippen molar-refractivity contribution in [3.05, 3.63) is 99.2 Å². The minimum absolute atomic E-state index is 0.138. The number of nitrogens with zero attached hydrogens (tertiary/aromatic N) is 2. The van der Waals surface area contributed by atoms with Crippen LogP contribution < -0.4 is 9.47 Å². The van der Waals surface area contributed by atoms with Gasteiger partial charge in [-0.3, -0.25) is 9.89 Å². The van der Waals surface area contributed by atoms with Gasteiger partial charge in [0.1, 0.15) is 17.2 Å². The first-order valence-corrected chi connectivity index (χ1v) is 11.4. The van der Waals surface area contributed by atoms with Gasteiger partial charge in [0.2, 0.25) is 0 Å². The topological polar surface area (TPSA) is 67.5 Å². The number of H-pyrrole nitrogens is 1. The summed E-state index contributed by atoms with van der Waals surface area (Å²) in [5.41, 5.74) is 4.61. The number of aromatic nitrogens is 2. The van der Waals surface area contributed by atoms with Crippen LogP contribution in [0.1, 0.15) is 33.2 Å². The fourth-order valence-corrected chi connectivity index (χ4v) is 4.59. The Morgan fingerprint density at radius 3 is 2.26 bits per heavy atom. The second-order valence-corrected chi connectivity index (χ2v) is 8.81. The maximum atomic E-state index is 13.6. The van der Waals surface area contributed by atoms with E-state index < -0.39 is 6.04 Å². The van der Waals surface area contributed by atoms with E-state index in [1.807, 2.05) is 71.6 Å². The third-order valence-corrected chi connectivity index (χ3v) is 6.49. The highest BCUT2D eigenvalue weighted by Crippen LogP contribution is 2.46. The molecule has 8 heteroatoms. The molecule has 1 unspecified atom stereocenters. The number of halogens is 2. The lowest BCUT2D eigenvalue weighted by molar-refractivity contribution is 0.0728. The molecule has 1 aliphatic heterocycles. The van der Waals surface area contributed by atoms with Gasteiger partial charge in [-0.05, 0) is 42.0 Å². The molecule has 3 aromatic carbocycles. The normalized spacial score (nSPS) is 14.9. The van der Waals surface area contributed by atoms with Gasteiger partial charge in [-0.25, -0.2) is 0 Å². The monoisotopic (exact) mass is 493 g/mol. The van der Waals surface area contributed by atoms with E-state index in [0.29, 0.717) is 39.5 Å². The molecule has 6 nitrogen and oxygen atoms in total. The van der Waals surface area contributed by atoms with E-state index in [1.165, 1.54) is 0 Å². The molecule has 0 spiro atoms. The summed E-state index contributed by atoms with van der Waals surface area (Å²) in [6, 6.07) is 20.1. The molecule has 0 saturated heterocycles. The van der Waals surface area contributed by atoms with Gasteiger partial charge in [0, 0.05) is 39.3 Å². The van der Waals surface area contributed by atoms with Gasteiger partial charge in [-0.1, -0.05) is 47.5 Å². The summed E-state index contributed by atoms with van der Waals surface area (Å²) < 4.78 is 11.1. The van der Waals surface area contributed by atoms with Crippen molar-refractivity contribution in [1.82, 2.24) is 15.1 Å². The van der Waals surface area contributed by atoms with Crippen molar-refractivity contribution in [2.24, 2.45) is 0 Å². The third kappa shape index (κ3) is 3.89. The number of benzene rings is 3. The van der Waals surface area contributed by atoms with Crippen LogP contribution in [0.5, 0.6) is 11.5 Å². The lowest BCUT2D eigenvalue weighted by Crippen LogP contribution is -2.29. The zero-order valence-electron chi connectivity index (χ0n) is 18.5. The molecular weight excluding hydrogens is 473 g/mol. The molecular formula is C26H21Cl2N3O3. The first kappa shape index (κ1) is 22.3. The average molecular weight is 494 g/mol. The fraction of sp³-hybridized carbons (Fsp3) is 0.154. The molecule has 1 aromatic heterocycles. The standard InChI is InChI=1S/C26H21Cl2N3O3/c1-33-19-11-12-20(21(13-19)34-2)25-22-23(16-5-9-18(28)10-6-16)29-30-24(22)26(32)31(25)14-15-3-7-17(27)8-4-15/h3-13,25H,14H2,1-2H3,(H,29,30). The number of carbonyl (C=O) groups excluding carboxylic acids is 1. The first-order valence-electron chi connectivity index (χ1n) is 10.6. The number of ether oxygens (including phenoxy) is 2. The van der Waals surface area contributed by atoms with Crippen LogP contribution in [0.25, 0.3) is 11.3 Å². The zero-order valence-corrected chi connectivity index (χ0v) is 20.0. The predicted molar refractivity (Wildman–Crippen MR) is 132 cm³/mol. The lowest BCUT2D eigenvalue weighted by atomic mass is 9.95. The maximum absolute atomic E-state index is 13.6. The van der Waals surface area contributed by atoms with Crippen molar-refractivity contribution < 1.29 is 14.3 Å². The van der Waals surface area contributed by atoms with E-state index in [0.717, 1.165) is 22.3 Å². The molecule has 0 bridgehead atoms. The Morgan fingerprint density at radius 2 is 1.62 bits per heavy atom. The van der Waals surface area contributed by atoms with Crippen LogP contribution in [0.4, 0.5) is 0 Å². The van der Waals surface area contributed by atoms with Gasteiger partial charge < -0.3 is 14.4 Å². The lowest BCUT2D eigenvalue weighted by Gasteiger charge is -2.28. The Labute approximate surface area is 207 Å². The van der Waals surface area contributed by atoms with Crippen molar-refractivity contribution in [3.63, 3.8) is 0 Å². The van der Waals surface area contributed by atoms with Crippen molar-refractivity contribution in [1.29, 1.82) is 0 Å². The summed E-state index contributed by atoms with van der Waals surface area (Å²) in [4.78, 5) is 15.4. The maximum Gasteiger partial charge on any atom is 0.273 e. The van der Waals surface area contributed by atoms with Crippen molar-refractivity contribution >= 4 is 29.1 Å². The number of methoxy groups -OCH3 is 2. The second-order valence-electron chi connectivity index (χ2n) is 7.94. The Balaban J connectivity index is 1.67. The van der Waals surface area contributed by atoms with E-state index >= 15 is 0 Å². The van der Waals surface area contributed by atoms with Crippen LogP contribution in [0.15, 0.2) is 66.7 Å². The number of carbonyl (C=O) groups is 1. The molecule has 1 N–H and O–H groups in total. The van der Waals surface area contributed by atoms with Crippen molar-refractivity contribution in [3.8, 4) is 22.8 Å². The second kappa shape index (κ2) is 9.05. The number of aromatic amines is 1.